The number of rotatable bonds is 10. The van der Waals surface area contributed by atoms with E-state index >= 15 is 0 Å². The van der Waals surface area contributed by atoms with Crippen LogP contribution in [-0.2, 0) is 14.8 Å². The molecule has 0 aliphatic heterocycles. The molecular weight excluding hydrogens is 400 g/mol. The van der Waals surface area contributed by atoms with Gasteiger partial charge in [0.1, 0.15) is 5.75 Å². The number of nitrogens with zero attached hydrogens (tertiary/aromatic N) is 1. The van der Waals surface area contributed by atoms with E-state index in [1.54, 1.807) is 24.3 Å². The molecule has 6 nitrogen and oxygen atoms in total. The largest absolute Gasteiger partial charge is 0.493 e. The maximum Gasteiger partial charge on any atom is 0.243 e. The van der Waals surface area contributed by atoms with E-state index in [0.29, 0.717) is 19.7 Å². The van der Waals surface area contributed by atoms with Gasteiger partial charge in [-0.2, -0.15) is 4.31 Å². The summed E-state index contributed by atoms with van der Waals surface area (Å²) >= 11 is 0. The Balaban J connectivity index is 1.91. The molecule has 30 heavy (non-hydrogen) atoms. The molecule has 2 aromatic rings. The fourth-order valence-electron chi connectivity index (χ4n) is 3.17. The van der Waals surface area contributed by atoms with Crippen LogP contribution in [0.15, 0.2) is 47.4 Å². The van der Waals surface area contributed by atoms with Gasteiger partial charge in [0.15, 0.2) is 0 Å². The first-order valence-corrected chi connectivity index (χ1v) is 11.7. The summed E-state index contributed by atoms with van der Waals surface area (Å²) in [4.78, 5) is 12.5. The minimum Gasteiger partial charge on any atom is -0.493 e. The highest BCUT2D eigenvalue weighted by Crippen LogP contribution is 2.21. The molecule has 1 unspecified atom stereocenters. The number of nitrogens with one attached hydrogen (secondary N) is 1. The van der Waals surface area contributed by atoms with E-state index in [0.717, 1.165) is 22.4 Å². The summed E-state index contributed by atoms with van der Waals surface area (Å²) in [6.07, 6.45) is 0.242. The molecule has 0 aliphatic rings. The van der Waals surface area contributed by atoms with Crippen LogP contribution in [0.25, 0.3) is 0 Å². The van der Waals surface area contributed by atoms with Crippen molar-refractivity contribution < 1.29 is 17.9 Å². The lowest BCUT2D eigenvalue weighted by atomic mass is 10.1. The Labute approximate surface area is 180 Å². The summed E-state index contributed by atoms with van der Waals surface area (Å²) in [5, 5.41) is 2.93. The zero-order valence-corrected chi connectivity index (χ0v) is 19.3. The Hall–Kier alpha value is -2.38. The lowest BCUT2D eigenvalue weighted by molar-refractivity contribution is -0.122. The normalized spacial score (nSPS) is 12.6. The van der Waals surface area contributed by atoms with Crippen LogP contribution in [0.2, 0.25) is 0 Å². The predicted octanol–water partition coefficient (Wildman–Crippen LogP) is 3.98. The lowest BCUT2D eigenvalue weighted by Gasteiger charge is -2.19. The van der Waals surface area contributed by atoms with Crippen LogP contribution in [0.1, 0.15) is 49.9 Å². The van der Waals surface area contributed by atoms with E-state index in [-0.39, 0.29) is 23.3 Å². The zero-order chi connectivity index (χ0) is 22.3. The van der Waals surface area contributed by atoms with Gasteiger partial charge in [-0.3, -0.25) is 4.79 Å². The molecule has 1 amide bonds. The van der Waals surface area contributed by atoms with Crippen molar-refractivity contribution in [3.63, 3.8) is 0 Å². The quantitative estimate of drug-likeness (QED) is 0.616. The summed E-state index contributed by atoms with van der Waals surface area (Å²) in [5.41, 5.74) is 3.07. The molecule has 164 valence electrons. The van der Waals surface area contributed by atoms with Crippen molar-refractivity contribution in [2.45, 2.75) is 52.0 Å². The van der Waals surface area contributed by atoms with Crippen molar-refractivity contribution in [3.8, 4) is 5.75 Å². The van der Waals surface area contributed by atoms with E-state index in [9.17, 15) is 13.2 Å². The Morgan fingerprint density at radius 3 is 2.30 bits per heavy atom. The van der Waals surface area contributed by atoms with Gasteiger partial charge in [-0.05, 0) is 55.7 Å². The van der Waals surface area contributed by atoms with Gasteiger partial charge in [0.05, 0.1) is 24.0 Å². The van der Waals surface area contributed by atoms with Crippen molar-refractivity contribution in [2.24, 2.45) is 0 Å². The van der Waals surface area contributed by atoms with Crippen LogP contribution in [-0.4, -0.2) is 38.3 Å². The van der Waals surface area contributed by atoms with Crippen LogP contribution < -0.4 is 10.1 Å². The molecule has 0 heterocycles. The number of ether oxygens (including phenoxy) is 1. The molecule has 0 saturated carbocycles. The van der Waals surface area contributed by atoms with Crippen LogP contribution in [0.5, 0.6) is 5.75 Å². The SMILES string of the molecule is CCN(CC)S(=O)(=O)c1ccc(C(C)NC(=O)CCOc2cccc(C)c2C)cc1. The summed E-state index contributed by atoms with van der Waals surface area (Å²) in [7, 11) is -3.48. The molecule has 0 bridgehead atoms. The zero-order valence-electron chi connectivity index (χ0n) is 18.4. The number of sulfonamides is 1. The summed E-state index contributed by atoms with van der Waals surface area (Å²) in [6, 6.07) is 12.3. The van der Waals surface area contributed by atoms with Gasteiger partial charge in [-0.1, -0.05) is 38.1 Å². The molecule has 0 aliphatic carbocycles. The average Bonchev–Trinajstić information content (AvgIpc) is 2.72. The van der Waals surface area contributed by atoms with Gasteiger partial charge < -0.3 is 10.1 Å². The number of aryl methyl sites for hydroxylation is 1. The van der Waals surface area contributed by atoms with Crippen LogP contribution in [0.4, 0.5) is 0 Å². The third-order valence-electron chi connectivity index (χ3n) is 5.24. The summed E-state index contributed by atoms with van der Waals surface area (Å²) in [5.74, 6) is 0.675. The molecule has 2 rings (SSSR count). The van der Waals surface area contributed by atoms with Gasteiger partial charge >= 0.3 is 0 Å². The van der Waals surface area contributed by atoms with Crippen molar-refractivity contribution in [1.82, 2.24) is 9.62 Å². The molecule has 2 aromatic carbocycles. The van der Waals surface area contributed by atoms with E-state index in [1.165, 1.54) is 4.31 Å². The molecule has 1 N–H and O–H groups in total. The predicted molar refractivity (Wildman–Crippen MR) is 119 cm³/mol. The molecule has 0 spiro atoms. The van der Waals surface area contributed by atoms with Crippen LogP contribution in [0.3, 0.4) is 0 Å². The van der Waals surface area contributed by atoms with E-state index in [1.807, 2.05) is 52.8 Å². The van der Waals surface area contributed by atoms with E-state index in [4.69, 9.17) is 4.74 Å². The molecule has 0 saturated heterocycles. The number of carbonyl (C=O) groups excluding carboxylic acids is 1. The molecule has 7 heteroatoms. The van der Waals surface area contributed by atoms with Crippen molar-refractivity contribution in [3.05, 3.63) is 59.2 Å². The number of carbonyl (C=O) groups is 1. The third-order valence-corrected chi connectivity index (χ3v) is 7.31. The topological polar surface area (TPSA) is 75.7 Å². The summed E-state index contributed by atoms with van der Waals surface area (Å²) < 4.78 is 32.3. The Morgan fingerprint density at radius 2 is 1.70 bits per heavy atom. The van der Waals surface area contributed by atoms with Gasteiger partial charge in [0.2, 0.25) is 15.9 Å². The maximum atomic E-state index is 12.6. The first-order valence-electron chi connectivity index (χ1n) is 10.3. The fraction of sp³-hybridized carbons (Fsp3) is 0.435. The average molecular weight is 433 g/mol. The fourth-order valence-corrected chi connectivity index (χ4v) is 4.63. The highest BCUT2D eigenvalue weighted by Gasteiger charge is 2.21. The molecule has 1 atom stereocenters. The molecule has 0 aromatic heterocycles. The standard InChI is InChI=1S/C23H32N2O4S/c1-6-25(7-2)30(27,28)21-13-11-20(12-14-21)19(5)24-23(26)15-16-29-22-10-8-9-17(3)18(22)4/h8-14,19H,6-7,15-16H2,1-5H3,(H,24,26). The van der Waals surface area contributed by atoms with Crippen molar-refractivity contribution in [2.75, 3.05) is 19.7 Å². The second kappa shape index (κ2) is 10.6. The lowest BCUT2D eigenvalue weighted by Crippen LogP contribution is -2.30. The Bertz CT molecular complexity index is 952. The third kappa shape index (κ3) is 5.83. The van der Waals surface area contributed by atoms with Crippen LogP contribution in [0, 0.1) is 13.8 Å². The van der Waals surface area contributed by atoms with E-state index in [2.05, 4.69) is 5.32 Å². The minimum absolute atomic E-state index is 0.118. The summed E-state index contributed by atoms with van der Waals surface area (Å²) in [6.45, 7) is 10.7. The molecule has 0 fully saturated rings. The molecular formula is C23H32N2O4S. The van der Waals surface area contributed by atoms with Gasteiger partial charge in [0, 0.05) is 13.1 Å². The first kappa shape index (κ1) is 23.9. The molecule has 0 radical (unpaired) electrons. The highest BCUT2D eigenvalue weighted by atomic mass is 32.2. The van der Waals surface area contributed by atoms with Crippen LogP contribution >= 0.6 is 0 Å². The van der Waals surface area contributed by atoms with Gasteiger partial charge in [-0.15, -0.1) is 0 Å². The van der Waals surface area contributed by atoms with Crippen molar-refractivity contribution in [1.29, 1.82) is 0 Å². The minimum atomic E-state index is -3.48. The van der Waals surface area contributed by atoms with Crippen molar-refractivity contribution >= 4 is 15.9 Å². The van der Waals surface area contributed by atoms with E-state index < -0.39 is 10.0 Å². The first-order chi connectivity index (χ1) is 14.2. The Kier molecular flexibility index (Phi) is 8.43. The van der Waals surface area contributed by atoms with Gasteiger partial charge in [0.25, 0.3) is 0 Å². The maximum absolute atomic E-state index is 12.6. The van der Waals surface area contributed by atoms with Gasteiger partial charge in [-0.25, -0.2) is 8.42 Å². The Morgan fingerprint density at radius 1 is 1.07 bits per heavy atom. The smallest absolute Gasteiger partial charge is 0.243 e. The number of hydrogen-bond donors (Lipinski definition) is 1. The second-order valence-corrected chi connectivity index (χ2v) is 9.18. The number of hydrogen-bond acceptors (Lipinski definition) is 4. The number of benzene rings is 2. The highest BCUT2D eigenvalue weighted by molar-refractivity contribution is 7.89. The monoisotopic (exact) mass is 432 g/mol. The number of amides is 1. The second-order valence-electron chi connectivity index (χ2n) is 7.24.